The highest BCUT2D eigenvalue weighted by Crippen LogP contribution is 2.44. The number of aromatic nitrogens is 11. The molecule has 0 atom stereocenters. The molecule has 11 nitrogen and oxygen atoms in total. The molecule has 524 valence electrons. The molecule has 11 heteroatoms. The van der Waals surface area contributed by atoms with Gasteiger partial charge in [0.2, 0.25) is 0 Å². The molecular weight excluding hydrogens is 1370 g/mol. The van der Waals surface area contributed by atoms with E-state index in [1.54, 1.807) is 0 Å². The Morgan fingerprint density at radius 2 is 0.482 bits per heavy atom. The van der Waals surface area contributed by atoms with Crippen LogP contribution in [0.25, 0.3) is 201 Å². The molecule has 0 aliphatic heterocycles. The Kier molecular flexibility index (Phi) is 15.9. The van der Waals surface area contributed by atoms with Crippen LogP contribution in [0.1, 0.15) is 0 Å². The summed E-state index contributed by atoms with van der Waals surface area (Å²) in [5, 5.41) is 9.48. The van der Waals surface area contributed by atoms with Crippen molar-refractivity contribution in [1.29, 1.82) is 0 Å². The van der Waals surface area contributed by atoms with Crippen LogP contribution in [-0.4, -0.2) is 53.2 Å². The molecular formula is C101H65N11. The largest absolute Gasteiger partial charge is 0.309 e. The molecule has 0 saturated heterocycles. The van der Waals surface area contributed by atoms with Gasteiger partial charge in [-0.1, -0.05) is 231 Å². The number of hydrogen-bond acceptors (Lipinski definition) is 7. The van der Waals surface area contributed by atoms with Crippen LogP contribution in [0.4, 0.5) is 0 Å². The lowest BCUT2D eigenvalue weighted by molar-refractivity contribution is 1.07. The van der Waals surface area contributed by atoms with Crippen molar-refractivity contribution in [1.82, 2.24) is 53.2 Å². The van der Waals surface area contributed by atoms with Gasteiger partial charge in [-0.25, -0.2) is 34.9 Å². The van der Waals surface area contributed by atoms with E-state index in [9.17, 15) is 0 Å². The standard InChI is InChI=1S/C51H33N5.C50H32N6/c1-4-14-34(15-5-1)44-33-45(35-16-6-2-7-17-35)54-50(53-44)36-25-28-39(29-26-36)55-46-23-11-10-20-42(46)49-40(21-12-24-48(49)55)37-27-30-47-43(32-37)41-22-13-31-52-51(41)56(47)38-18-8-3-9-19-38;1-4-14-33(15-5-1)47-52-48(34-16-6-2-7-17-34)54-49(53-47)35-25-28-38(29-26-35)55-43-23-11-10-20-41(43)46-39(21-12-24-45(46)55)36-27-30-44-42(32-36)40-22-13-31-51-50(40)56(44)37-18-8-3-9-19-37/h1-33H;1-32H. The van der Waals surface area contributed by atoms with Crippen molar-refractivity contribution in [2.24, 2.45) is 0 Å². The van der Waals surface area contributed by atoms with Crippen molar-refractivity contribution in [3.05, 3.63) is 395 Å². The highest BCUT2D eigenvalue weighted by Gasteiger charge is 2.23. The van der Waals surface area contributed by atoms with E-state index in [0.717, 1.165) is 128 Å². The normalized spacial score (nSPS) is 11.6. The number of benzene rings is 14. The summed E-state index contributed by atoms with van der Waals surface area (Å²) >= 11 is 0. The fourth-order valence-electron chi connectivity index (χ4n) is 16.3. The average molecular weight is 1430 g/mol. The predicted molar refractivity (Wildman–Crippen MR) is 458 cm³/mol. The SMILES string of the molecule is c1ccc(-c2cc(-c3ccccc3)nc(-c3ccc(-n4c5ccccc5c5c(-c6ccc7c(c6)c6cccnc6n7-c6ccccc6)cccc54)cc3)n2)cc1.c1ccc(-c2nc(-c3ccccc3)nc(-c3ccc(-n4c5ccccc5c5c(-c6ccc7c(c6)c6cccnc6n7-c6ccccc6)cccc54)cc3)n2)cc1. The first-order valence-corrected chi connectivity index (χ1v) is 37.6. The fourth-order valence-corrected chi connectivity index (χ4v) is 16.3. The van der Waals surface area contributed by atoms with Crippen molar-refractivity contribution in [2.75, 3.05) is 0 Å². The van der Waals surface area contributed by atoms with E-state index in [1.165, 1.54) is 49.0 Å². The number of fused-ring (bicyclic) bond motifs is 12. The van der Waals surface area contributed by atoms with Crippen LogP contribution < -0.4 is 0 Å². The third-order valence-electron chi connectivity index (χ3n) is 21.4. The first kappa shape index (κ1) is 65.0. The summed E-state index contributed by atoms with van der Waals surface area (Å²) in [4.78, 5) is 34.6. The maximum absolute atomic E-state index is 5.07. The van der Waals surface area contributed by atoms with E-state index in [4.69, 9.17) is 34.9 Å². The zero-order chi connectivity index (χ0) is 74.0. The highest BCUT2D eigenvalue weighted by atomic mass is 15.1. The highest BCUT2D eigenvalue weighted by molar-refractivity contribution is 6.19. The van der Waals surface area contributed by atoms with Crippen molar-refractivity contribution in [3.8, 4) is 113 Å². The lowest BCUT2D eigenvalue weighted by Gasteiger charge is -2.12. The van der Waals surface area contributed by atoms with Gasteiger partial charge in [-0.2, -0.15) is 0 Å². The lowest BCUT2D eigenvalue weighted by Crippen LogP contribution is -2.00. The minimum absolute atomic E-state index is 0.632. The zero-order valence-corrected chi connectivity index (χ0v) is 60.4. The zero-order valence-electron chi connectivity index (χ0n) is 60.4. The van der Waals surface area contributed by atoms with Crippen LogP contribution >= 0.6 is 0 Å². The van der Waals surface area contributed by atoms with Crippen molar-refractivity contribution in [2.45, 2.75) is 0 Å². The monoisotopic (exact) mass is 1430 g/mol. The Hall–Kier alpha value is -15.3. The molecule has 0 radical (unpaired) electrons. The first-order valence-electron chi connectivity index (χ1n) is 37.6. The van der Waals surface area contributed by atoms with E-state index >= 15 is 0 Å². The molecule has 0 amide bonds. The quantitative estimate of drug-likeness (QED) is 0.120. The molecule has 0 unspecified atom stereocenters. The number of rotatable bonds is 12. The average Bonchev–Trinajstić information content (AvgIpc) is 1.60. The molecule has 8 aromatic heterocycles. The summed E-state index contributed by atoms with van der Waals surface area (Å²) in [6.07, 6.45) is 3.75. The van der Waals surface area contributed by atoms with E-state index in [1.807, 2.05) is 128 Å². The van der Waals surface area contributed by atoms with E-state index in [2.05, 4.69) is 285 Å². The van der Waals surface area contributed by atoms with Gasteiger partial charge < -0.3 is 9.13 Å². The van der Waals surface area contributed by atoms with Gasteiger partial charge in [0.1, 0.15) is 11.3 Å². The summed E-state index contributed by atoms with van der Waals surface area (Å²) in [6, 6.07) is 134. The molecule has 0 N–H and O–H groups in total. The molecule has 0 aliphatic rings. The Bertz CT molecular complexity index is 6770. The minimum Gasteiger partial charge on any atom is -0.309 e. The van der Waals surface area contributed by atoms with Gasteiger partial charge >= 0.3 is 0 Å². The summed E-state index contributed by atoms with van der Waals surface area (Å²) in [7, 11) is 0. The van der Waals surface area contributed by atoms with Crippen molar-refractivity contribution >= 4 is 87.5 Å². The van der Waals surface area contributed by atoms with Crippen LogP contribution in [0.2, 0.25) is 0 Å². The second kappa shape index (κ2) is 27.5. The van der Waals surface area contributed by atoms with Gasteiger partial charge in [0, 0.05) is 112 Å². The smallest absolute Gasteiger partial charge is 0.164 e. The molecule has 14 aromatic carbocycles. The van der Waals surface area contributed by atoms with Crippen molar-refractivity contribution in [3.63, 3.8) is 0 Å². The molecule has 22 rings (SSSR count). The van der Waals surface area contributed by atoms with Crippen LogP contribution in [0.15, 0.2) is 395 Å². The molecule has 0 saturated carbocycles. The molecule has 112 heavy (non-hydrogen) atoms. The molecule has 0 fully saturated rings. The predicted octanol–water partition coefficient (Wildman–Crippen LogP) is 24.9. The Morgan fingerprint density at radius 3 is 0.884 bits per heavy atom. The maximum atomic E-state index is 5.07. The first-order chi connectivity index (χ1) is 55.6. The summed E-state index contributed by atoms with van der Waals surface area (Å²) in [5.74, 6) is 2.62. The van der Waals surface area contributed by atoms with E-state index in [0.29, 0.717) is 23.3 Å². The molecule has 0 bridgehead atoms. The fraction of sp³-hybridized carbons (Fsp3) is 0. The van der Waals surface area contributed by atoms with Gasteiger partial charge in [-0.3, -0.25) is 9.13 Å². The van der Waals surface area contributed by atoms with E-state index in [-0.39, 0.29) is 0 Å². The molecule has 22 aromatic rings. The molecule has 0 spiro atoms. The lowest BCUT2D eigenvalue weighted by atomic mass is 9.98. The molecule has 0 aliphatic carbocycles. The number of pyridine rings is 2. The number of nitrogens with zero attached hydrogens (tertiary/aromatic N) is 11. The second-order valence-electron chi connectivity index (χ2n) is 28.0. The molecule has 8 heterocycles. The Labute approximate surface area is 644 Å². The van der Waals surface area contributed by atoms with Gasteiger partial charge in [0.15, 0.2) is 23.3 Å². The number of hydrogen-bond donors (Lipinski definition) is 0. The topological polar surface area (TPSA) is 110 Å². The summed E-state index contributed by atoms with van der Waals surface area (Å²) in [6.45, 7) is 0. The van der Waals surface area contributed by atoms with Crippen LogP contribution in [0.5, 0.6) is 0 Å². The summed E-state index contributed by atoms with van der Waals surface area (Å²) < 4.78 is 9.25. The third-order valence-corrected chi connectivity index (χ3v) is 21.4. The van der Waals surface area contributed by atoms with Gasteiger partial charge in [0.25, 0.3) is 0 Å². The van der Waals surface area contributed by atoms with Gasteiger partial charge in [-0.05, 0) is 174 Å². The Balaban J connectivity index is 0.000000141. The maximum Gasteiger partial charge on any atom is 0.164 e. The van der Waals surface area contributed by atoms with Crippen molar-refractivity contribution < 1.29 is 0 Å². The van der Waals surface area contributed by atoms with Crippen LogP contribution in [0.3, 0.4) is 0 Å². The summed E-state index contributed by atoms with van der Waals surface area (Å²) in [5.41, 5.74) is 25.5. The van der Waals surface area contributed by atoms with Crippen LogP contribution in [-0.2, 0) is 0 Å². The van der Waals surface area contributed by atoms with E-state index < -0.39 is 0 Å². The minimum atomic E-state index is 0.632. The number of para-hydroxylation sites is 4. The van der Waals surface area contributed by atoms with Crippen LogP contribution in [0, 0.1) is 0 Å². The third kappa shape index (κ3) is 11.3. The second-order valence-corrected chi connectivity index (χ2v) is 28.0. The van der Waals surface area contributed by atoms with Gasteiger partial charge in [0.05, 0.1) is 44.5 Å². The van der Waals surface area contributed by atoms with Gasteiger partial charge in [-0.15, -0.1) is 0 Å². The Morgan fingerprint density at radius 1 is 0.179 bits per heavy atom.